The van der Waals surface area contributed by atoms with Crippen molar-refractivity contribution in [3.8, 4) is 78.7 Å². The summed E-state index contributed by atoms with van der Waals surface area (Å²) in [6.07, 6.45) is 0. The van der Waals surface area contributed by atoms with Crippen molar-refractivity contribution in [3.05, 3.63) is 211 Å². The van der Waals surface area contributed by atoms with Gasteiger partial charge in [-0.3, -0.25) is 0 Å². The maximum absolute atomic E-state index is 6.59. The fourth-order valence-electron chi connectivity index (χ4n) is 10.4. The molecule has 0 aliphatic heterocycles. The minimum Gasteiger partial charge on any atom is -0.456 e. The minimum absolute atomic E-state index is 0.0986. The van der Waals surface area contributed by atoms with Crippen LogP contribution < -0.4 is 0 Å². The van der Waals surface area contributed by atoms with E-state index >= 15 is 0 Å². The van der Waals surface area contributed by atoms with Gasteiger partial charge in [0.2, 0.25) is 0 Å². The molecule has 306 valence electrons. The molecule has 0 radical (unpaired) electrons. The summed E-state index contributed by atoms with van der Waals surface area (Å²) in [5, 5.41) is 3.93. The normalized spacial score (nSPS) is 12.9. The first-order valence-electron chi connectivity index (χ1n) is 22.1. The van der Waals surface area contributed by atoms with Gasteiger partial charge >= 0.3 is 0 Å². The van der Waals surface area contributed by atoms with Gasteiger partial charge in [-0.15, -0.1) is 0 Å². The van der Waals surface area contributed by atoms with E-state index in [1.54, 1.807) is 0 Å². The van der Waals surface area contributed by atoms with Crippen molar-refractivity contribution < 1.29 is 8.83 Å². The van der Waals surface area contributed by atoms with E-state index in [0.717, 1.165) is 82.8 Å². The zero-order chi connectivity index (χ0) is 43.2. The van der Waals surface area contributed by atoms with Crippen LogP contribution in [0.5, 0.6) is 0 Å². The molecule has 13 rings (SSSR count). The van der Waals surface area contributed by atoms with Crippen LogP contribution >= 0.6 is 0 Å². The zero-order valence-corrected chi connectivity index (χ0v) is 35.7. The second-order valence-corrected chi connectivity index (χ2v) is 17.5. The lowest BCUT2D eigenvalue weighted by molar-refractivity contribution is 0.662. The number of hydrogen-bond donors (Lipinski definition) is 0. The summed E-state index contributed by atoms with van der Waals surface area (Å²) >= 11 is 0. The molecule has 1 aliphatic rings. The molecule has 0 unspecified atom stereocenters. The highest BCUT2D eigenvalue weighted by Gasteiger charge is 2.37. The largest absolute Gasteiger partial charge is 0.456 e. The molecular weight excluding hydrogens is 795 g/mol. The van der Waals surface area contributed by atoms with Crippen LogP contribution in [0.2, 0.25) is 0 Å². The van der Waals surface area contributed by atoms with Crippen molar-refractivity contribution in [1.29, 1.82) is 0 Å². The zero-order valence-electron chi connectivity index (χ0n) is 35.7. The van der Waals surface area contributed by atoms with Crippen LogP contribution in [0.3, 0.4) is 0 Å². The lowest BCUT2D eigenvalue weighted by Gasteiger charge is -2.24. The molecular formula is C60H39N3O2. The van der Waals surface area contributed by atoms with Crippen LogP contribution in [0, 0.1) is 0 Å². The van der Waals surface area contributed by atoms with Crippen LogP contribution in [-0.4, -0.2) is 15.0 Å². The number of rotatable bonds is 6. The van der Waals surface area contributed by atoms with Gasteiger partial charge in [0.1, 0.15) is 22.3 Å². The number of hydrogen-bond acceptors (Lipinski definition) is 5. The van der Waals surface area contributed by atoms with Crippen LogP contribution in [-0.2, 0) is 5.41 Å². The molecule has 0 amide bonds. The van der Waals surface area contributed by atoms with Gasteiger partial charge in [0.05, 0.1) is 0 Å². The Hall–Kier alpha value is -8.41. The first-order valence-corrected chi connectivity index (χ1v) is 22.1. The average Bonchev–Trinajstić information content (AvgIpc) is 4.01. The minimum atomic E-state index is -0.0986. The Morgan fingerprint density at radius 1 is 0.323 bits per heavy atom. The molecule has 1 aliphatic carbocycles. The highest BCUT2D eigenvalue weighted by molar-refractivity contribution is 6.14. The summed E-state index contributed by atoms with van der Waals surface area (Å²) in [6.45, 7) is 4.69. The van der Waals surface area contributed by atoms with Crippen molar-refractivity contribution >= 4 is 43.9 Å². The van der Waals surface area contributed by atoms with Crippen molar-refractivity contribution in [2.75, 3.05) is 0 Å². The van der Waals surface area contributed by atoms with Crippen LogP contribution in [0.15, 0.2) is 209 Å². The van der Waals surface area contributed by atoms with E-state index in [4.69, 9.17) is 23.8 Å². The standard InChI is InChI=1S/C60H39N3O2/c1-60(2)49-25-10-8-18-42(49)43-22-12-21-41(56(43)60)38-31-29-36(30-32-38)39-33-34-51-48(35-39)55-47(24-14-28-53(55)65-51)59-62-57(44-19-7-6-17-40(44)37-15-4-3-5-16-37)61-58(63-59)46-23-13-27-52-54(46)45-20-9-11-26-50(45)64-52/h3-35H,1-2H3. The fraction of sp³-hybridized carbons (Fsp3) is 0.0500. The van der Waals surface area contributed by atoms with Crippen LogP contribution in [0.25, 0.3) is 123 Å². The number of fused-ring (bicyclic) bond motifs is 9. The maximum Gasteiger partial charge on any atom is 0.164 e. The third-order valence-electron chi connectivity index (χ3n) is 13.4. The molecule has 0 atom stereocenters. The van der Waals surface area contributed by atoms with Gasteiger partial charge in [0, 0.05) is 43.7 Å². The molecule has 0 bridgehead atoms. The summed E-state index contributed by atoms with van der Waals surface area (Å²) in [6, 6.07) is 70.1. The molecule has 3 aromatic heterocycles. The molecule has 65 heavy (non-hydrogen) atoms. The van der Waals surface area contributed by atoms with Gasteiger partial charge in [-0.2, -0.15) is 0 Å². The molecule has 5 nitrogen and oxygen atoms in total. The van der Waals surface area contributed by atoms with Gasteiger partial charge in [-0.05, 0) is 86.0 Å². The summed E-state index contributed by atoms with van der Waals surface area (Å²) < 4.78 is 12.9. The Balaban J connectivity index is 0.969. The van der Waals surface area contributed by atoms with E-state index < -0.39 is 0 Å². The highest BCUT2D eigenvalue weighted by Crippen LogP contribution is 2.52. The first-order chi connectivity index (χ1) is 32.0. The second kappa shape index (κ2) is 14.3. The smallest absolute Gasteiger partial charge is 0.164 e. The Morgan fingerprint density at radius 3 is 1.54 bits per heavy atom. The van der Waals surface area contributed by atoms with E-state index in [1.807, 2.05) is 54.6 Å². The number of benzene rings is 9. The van der Waals surface area contributed by atoms with Gasteiger partial charge in [-0.25, -0.2) is 15.0 Å². The SMILES string of the molecule is CC1(C)c2ccccc2-c2cccc(-c3ccc(-c4ccc5oc6cccc(-c7nc(-c8ccccc8-c8ccccc8)nc(-c8cccc9oc%10ccccc%10c89)n7)c6c5c4)cc3)c21. The predicted octanol–water partition coefficient (Wildman–Crippen LogP) is 16.0. The van der Waals surface area contributed by atoms with Gasteiger partial charge in [0.25, 0.3) is 0 Å². The van der Waals surface area contributed by atoms with Crippen molar-refractivity contribution in [1.82, 2.24) is 15.0 Å². The fourth-order valence-corrected chi connectivity index (χ4v) is 10.4. The third kappa shape index (κ3) is 5.82. The molecule has 0 saturated carbocycles. The molecule has 5 heteroatoms. The van der Waals surface area contributed by atoms with Gasteiger partial charge in [-0.1, -0.05) is 184 Å². The van der Waals surface area contributed by atoms with E-state index in [2.05, 4.69) is 159 Å². The van der Waals surface area contributed by atoms with Crippen LogP contribution in [0.1, 0.15) is 25.0 Å². The Bertz CT molecular complexity index is 3860. The van der Waals surface area contributed by atoms with Crippen molar-refractivity contribution in [3.63, 3.8) is 0 Å². The molecule has 3 heterocycles. The molecule has 12 aromatic rings. The van der Waals surface area contributed by atoms with Gasteiger partial charge < -0.3 is 8.83 Å². The quantitative estimate of drug-likeness (QED) is 0.167. The molecule has 0 spiro atoms. The second-order valence-electron chi connectivity index (χ2n) is 17.5. The molecule has 9 aromatic carbocycles. The lowest BCUT2D eigenvalue weighted by atomic mass is 9.79. The topological polar surface area (TPSA) is 65.0 Å². The van der Waals surface area contributed by atoms with Crippen molar-refractivity contribution in [2.24, 2.45) is 0 Å². The molecule has 0 fully saturated rings. The lowest BCUT2D eigenvalue weighted by Crippen LogP contribution is -2.16. The summed E-state index contributed by atoms with van der Waals surface area (Å²) in [4.78, 5) is 16.0. The van der Waals surface area contributed by atoms with E-state index in [9.17, 15) is 0 Å². The van der Waals surface area contributed by atoms with E-state index in [-0.39, 0.29) is 5.41 Å². The molecule has 0 N–H and O–H groups in total. The van der Waals surface area contributed by atoms with E-state index in [1.165, 1.54) is 33.4 Å². The maximum atomic E-state index is 6.59. The van der Waals surface area contributed by atoms with Gasteiger partial charge in [0.15, 0.2) is 17.5 Å². The summed E-state index contributed by atoms with van der Waals surface area (Å²) in [5.41, 5.74) is 18.0. The first kappa shape index (κ1) is 37.2. The Morgan fingerprint density at radius 2 is 0.800 bits per heavy atom. The van der Waals surface area contributed by atoms with Crippen molar-refractivity contribution in [2.45, 2.75) is 19.3 Å². The number of nitrogens with zero attached hydrogens (tertiary/aromatic N) is 3. The number of aromatic nitrogens is 3. The summed E-state index contributed by atoms with van der Waals surface area (Å²) in [5.74, 6) is 1.70. The number of furan rings is 2. The third-order valence-corrected chi connectivity index (χ3v) is 13.4. The predicted molar refractivity (Wildman–Crippen MR) is 265 cm³/mol. The highest BCUT2D eigenvalue weighted by atomic mass is 16.3. The monoisotopic (exact) mass is 833 g/mol. The Kier molecular flexibility index (Phi) is 8.18. The number of para-hydroxylation sites is 1. The summed E-state index contributed by atoms with van der Waals surface area (Å²) in [7, 11) is 0. The van der Waals surface area contributed by atoms with Crippen LogP contribution in [0.4, 0.5) is 0 Å². The average molecular weight is 834 g/mol. The molecule has 0 saturated heterocycles. The Labute approximate surface area is 375 Å². The van der Waals surface area contributed by atoms with E-state index in [0.29, 0.717) is 17.5 Å².